The molecule has 0 atom stereocenters. The number of aromatic nitrogens is 1. The Bertz CT molecular complexity index is 641. The van der Waals surface area contributed by atoms with E-state index in [9.17, 15) is 4.79 Å². The molecule has 1 aliphatic rings. The van der Waals surface area contributed by atoms with Crippen molar-refractivity contribution < 1.29 is 4.79 Å². The molecule has 1 aromatic heterocycles. The van der Waals surface area contributed by atoms with Crippen molar-refractivity contribution in [2.45, 2.75) is 38.1 Å². The second kappa shape index (κ2) is 5.60. The van der Waals surface area contributed by atoms with Crippen molar-refractivity contribution in [3.63, 3.8) is 0 Å². The molecule has 1 saturated carbocycles. The van der Waals surface area contributed by atoms with Crippen molar-refractivity contribution in [3.05, 3.63) is 34.4 Å². The molecule has 0 spiro atoms. The van der Waals surface area contributed by atoms with Gasteiger partial charge in [0.2, 0.25) is 0 Å². The van der Waals surface area contributed by atoms with Crippen molar-refractivity contribution in [1.82, 2.24) is 9.88 Å². The number of rotatable bonds is 2. The van der Waals surface area contributed by atoms with Crippen molar-refractivity contribution in [2.75, 3.05) is 0 Å². The molecule has 3 rings (SSSR count). The Balaban J connectivity index is 1.89. The van der Waals surface area contributed by atoms with E-state index in [1.165, 1.54) is 19.3 Å². The number of carbonyl (C=O) groups is 1. The maximum atomic E-state index is 12.5. The normalized spacial score (nSPS) is 16.5. The fourth-order valence-electron chi connectivity index (χ4n) is 3.06. The lowest BCUT2D eigenvalue weighted by Crippen LogP contribution is -2.36. The number of carbonyl (C=O) groups excluding carboxylic acids is 1. The smallest absolute Gasteiger partial charge is 0.253 e. The molecule has 1 aromatic carbocycles. The third-order valence-corrected chi connectivity index (χ3v) is 4.63. The molecular weight excluding hydrogens is 316 g/mol. The van der Waals surface area contributed by atoms with E-state index in [0.29, 0.717) is 6.04 Å². The molecule has 106 valence electrons. The molecule has 1 aliphatic carbocycles. The van der Waals surface area contributed by atoms with Gasteiger partial charge in [-0.3, -0.25) is 4.79 Å². The molecule has 0 unspecified atom stereocenters. The van der Waals surface area contributed by atoms with Crippen molar-refractivity contribution in [1.29, 1.82) is 0 Å². The number of amides is 1. The van der Waals surface area contributed by atoms with Crippen LogP contribution in [0.4, 0.5) is 0 Å². The minimum absolute atomic E-state index is 0.0561. The number of hydrogen-bond donors (Lipinski definition) is 1. The fraction of sp³-hybridized carbons (Fsp3) is 0.438. The summed E-state index contributed by atoms with van der Waals surface area (Å²) in [7, 11) is 1.98. The molecule has 1 fully saturated rings. The zero-order valence-corrected chi connectivity index (χ0v) is 13.2. The zero-order valence-electron chi connectivity index (χ0n) is 11.7. The van der Waals surface area contributed by atoms with Crippen LogP contribution in [0.15, 0.2) is 28.9 Å². The SMILES string of the molecule is Cn1cc(C(=O)NC2CCCCC2)c2cc(Br)ccc21. The third kappa shape index (κ3) is 2.62. The van der Waals surface area contributed by atoms with Gasteiger partial charge in [0, 0.05) is 34.7 Å². The van der Waals surface area contributed by atoms with Crippen molar-refractivity contribution in [2.24, 2.45) is 7.05 Å². The molecule has 1 amide bonds. The van der Waals surface area contributed by atoms with Crippen LogP contribution < -0.4 is 5.32 Å². The largest absolute Gasteiger partial charge is 0.350 e. The van der Waals surface area contributed by atoms with Gasteiger partial charge >= 0.3 is 0 Å². The maximum absolute atomic E-state index is 12.5. The van der Waals surface area contributed by atoms with E-state index in [-0.39, 0.29) is 5.91 Å². The van der Waals surface area contributed by atoms with Crippen LogP contribution in [0.25, 0.3) is 10.9 Å². The van der Waals surface area contributed by atoms with Crippen LogP contribution in [-0.2, 0) is 7.05 Å². The summed E-state index contributed by atoms with van der Waals surface area (Å²) < 4.78 is 3.01. The molecule has 3 nitrogen and oxygen atoms in total. The highest BCUT2D eigenvalue weighted by atomic mass is 79.9. The van der Waals surface area contributed by atoms with E-state index in [1.54, 1.807) is 0 Å². The van der Waals surface area contributed by atoms with Crippen LogP contribution in [-0.4, -0.2) is 16.5 Å². The topological polar surface area (TPSA) is 34.0 Å². The summed E-state index contributed by atoms with van der Waals surface area (Å²) in [4.78, 5) is 12.5. The zero-order chi connectivity index (χ0) is 14.1. The average molecular weight is 335 g/mol. The molecule has 0 saturated heterocycles. The Kier molecular flexibility index (Phi) is 3.83. The van der Waals surface area contributed by atoms with Crippen LogP contribution in [0.2, 0.25) is 0 Å². The van der Waals surface area contributed by atoms with Gasteiger partial charge in [0.1, 0.15) is 0 Å². The van der Waals surface area contributed by atoms with Gasteiger partial charge in [-0.15, -0.1) is 0 Å². The summed E-state index contributed by atoms with van der Waals surface area (Å²) in [6, 6.07) is 6.41. The number of nitrogens with one attached hydrogen (secondary N) is 1. The van der Waals surface area contributed by atoms with Gasteiger partial charge in [0.15, 0.2) is 0 Å². The number of nitrogens with zero attached hydrogens (tertiary/aromatic N) is 1. The van der Waals surface area contributed by atoms with Gasteiger partial charge in [-0.1, -0.05) is 35.2 Å². The van der Waals surface area contributed by atoms with Crippen LogP contribution in [0.1, 0.15) is 42.5 Å². The van der Waals surface area contributed by atoms with Gasteiger partial charge in [-0.2, -0.15) is 0 Å². The van der Waals surface area contributed by atoms with Crippen molar-refractivity contribution in [3.8, 4) is 0 Å². The van der Waals surface area contributed by atoms with E-state index >= 15 is 0 Å². The molecule has 1 N–H and O–H groups in total. The molecule has 0 bridgehead atoms. The Morgan fingerprint density at radius 3 is 2.80 bits per heavy atom. The minimum atomic E-state index is 0.0561. The van der Waals surface area contributed by atoms with Gasteiger partial charge in [0.05, 0.1) is 5.56 Å². The highest BCUT2D eigenvalue weighted by Gasteiger charge is 2.19. The van der Waals surface area contributed by atoms with Gasteiger partial charge in [-0.05, 0) is 31.0 Å². The van der Waals surface area contributed by atoms with E-state index in [2.05, 4.69) is 21.2 Å². The summed E-state index contributed by atoms with van der Waals surface area (Å²) in [5.74, 6) is 0.0561. The predicted molar refractivity (Wildman–Crippen MR) is 85.0 cm³/mol. The van der Waals surface area contributed by atoms with Crippen LogP contribution in [0, 0.1) is 0 Å². The first-order valence-corrected chi connectivity index (χ1v) is 8.00. The Morgan fingerprint density at radius 2 is 2.05 bits per heavy atom. The summed E-state index contributed by atoms with van der Waals surface area (Å²) in [5.41, 5.74) is 1.86. The van der Waals surface area contributed by atoms with E-state index in [4.69, 9.17) is 0 Å². The molecule has 4 heteroatoms. The van der Waals surface area contributed by atoms with Gasteiger partial charge < -0.3 is 9.88 Å². The standard InChI is InChI=1S/C16H19BrN2O/c1-19-10-14(13-9-11(17)7-8-15(13)19)16(20)18-12-5-3-2-4-6-12/h7-10,12H,2-6H2,1H3,(H,18,20). The second-order valence-electron chi connectivity index (χ2n) is 5.62. The lowest BCUT2D eigenvalue weighted by Gasteiger charge is -2.22. The van der Waals surface area contributed by atoms with Crippen LogP contribution >= 0.6 is 15.9 Å². The molecule has 0 radical (unpaired) electrons. The summed E-state index contributed by atoms with van der Waals surface area (Å²) >= 11 is 3.48. The third-order valence-electron chi connectivity index (χ3n) is 4.14. The van der Waals surface area contributed by atoms with Gasteiger partial charge in [-0.25, -0.2) is 0 Å². The van der Waals surface area contributed by atoms with Crippen molar-refractivity contribution >= 4 is 32.7 Å². The fourth-order valence-corrected chi connectivity index (χ4v) is 3.42. The summed E-state index contributed by atoms with van der Waals surface area (Å²) in [6.07, 6.45) is 7.90. The van der Waals surface area contributed by atoms with Gasteiger partial charge in [0.25, 0.3) is 5.91 Å². The van der Waals surface area contributed by atoms with E-state index < -0.39 is 0 Å². The van der Waals surface area contributed by atoms with E-state index in [0.717, 1.165) is 33.8 Å². The average Bonchev–Trinajstić information content (AvgIpc) is 2.77. The number of benzene rings is 1. The number of halogens is 1. The second-order valence-corrected chi connectivity index (χ2v) is 6.54. The monoisotopic (exact) mass is 334 g/mol. The van der Waals surface area contributed by atoms with Crippen LogP contribution in [0.5, 0.6) is 0 Å². The van der Waals surface area contributed by atoms with E-state index in [1.807, 2.05) is 36.0 Å². The Labute approximate surface area is 127 Å². The Morgan fingerprint density at radius 1 is 1.30 bits per heavy atom. The molecule has 0 aliphatic heterocycles. The van der Waals surface area contributed by atoms with Crippen LogP contribution in [0.3, 0.4) is 0 Å². The summed E-state index contributed by atoms with van der Waals surface area (Å²) in [6.45, 7) is 0. The first kappa shape index (κ1) is 13.7. The molecular formula is C16H19BrN2O. The molecule has 20 heavy (non-hydrogen) atoms. The highest BCUT2D eigenvalue weighted by molar-refractivity contribution is 9.10. The predicted octanol–water partition coefficient (Wildman–Crippen LogP) is 4.00. The Hall–Kier alpha value is -1.29. The lowest BCUT2D eigenvalue weighted by atomic mass is 9.95. The lowest BCUT2D eigenvalue weighted by molar-refractivity contribution is 0.0929. The number of hydrogen-bond acceptors (Lipinski definition) is 1. The number of fused-ring (bicyclic) bond motifs is 1. The first-order valence-electron chi connectivity index (χ1n) is 7.20. The first-order chi connectivity index (χ1) is 9.65. The number of aryl methyl sites for hydroxylation is 1. The highest BCUT2D eigenvalue weighted by Crippen LogP contribution is 2.25. The maximum Gasteiger partial charge on any atom is 0.253 e. The molecule has 1 heterocycles. The summed E-state index contributed by atoms with van der Waals surface area (Å²) in [5, 5.41) is 4.20. The quantitative estimate of drug-likeness (QED) is 0.884. The minimum Gasteiger partial charge on any atom is -0.350 e. The molecule has 2 aromatic rings.